The quantitative estimate of drug-likeness (QED) is 0.540. The molecule has 0 aromatic heterocycles. The molecule has 1 nitrogen and oxygen atoms in total. The lowest BCUT2D eigenvalue weighted by atomic mass is 10.0. The molecule has 13 heavy (non-hydrogen) atoms. The van der Waals surface area contributed by atoms with Gasteiger partial charge in [0.05, 0.1) is 6.10 Å². The fourth-order valence-corrected chi connectivity index (χ4v) is 1.30. The zero-order valence-electron chi connectivity index (χ0n) is 7.82. The van der Waals surface area contributed by atoms with Gasteiger partial charge >= 0.3 is 0 Å². The molecular formula is C12H16O. The summed E-state index contributed by atoms with van der Waals surface area (Å²) in [6.07, 6.45) is 4.36. The Kier molecular flexibility index (Phi) is 4.27. The van der Waals surface area contributed by atoms with Crippen molar-refractivity contribution in [3.8, 4) is 0 Å². The highest BCUT2D eigenvalue weighted by molar-refractivity contribution is 5.16. The summed E-state index contributed by atoms with van der Waals surface area (Å²) in [4.78, 5) is 0. The molecule has 70 valence electrons. The van der Waals surface area contributed by atoms with Gasteiger partial charge in [-0.25, -0.2) is 0 Å². The number of rotatable bonds is 5. The molecule has 0 aliphatic heterocycles. The maximum Gasteiger partial charge on any atom is 0.0790 e. The molecule has 1 atom stereocenters. The predicted octanol–water partition coefficient (Wildman–Crippen LogP) is 3.08. The Balaban J connectivity index is 2.39. The van der Waals surface area contributed by atoms with E-state index in [4.69, 9.17) is 0 Å². The van der Waals surface area contributed by atoms with Gasteiger partial charge in [0.2, 0.25) is 0 Å². The van der Waals surface area contributed by atoms with Crippen molar-refractivity contribution in [1.29, 1.82) is 0 Å². The zero-order chi connectivity index (χ0) is 9.52. The van der Waals surface area contributed by atoms with Crippen molar-refractivity contribution >= 4 is 0 Å². The van der Waals surface area contributed by atoms with E-state index in [1.165, 1.54) is 0 Å². The lowest BCUT2D eigenvalue weighted by molar-refractivity contribution is 0.165. The van der Waals surface area contributed by atoms with E-state index < -0.39 is 0 Å². The SMILES string of the molecule is C=CCCC[C@H](O)c1ccccc1. The van der Waals surface area contributed by atoms with Gasteiger partial charge in [-0.3, -0.25) is 0 Å². The van der Waals surface area contributed by atoms with E-state index in [1.807, 2.05) is 36.4 Å². The second kappa shape index (κ2) is 5.55. The minimum absolute atomic E-state index is 0.318. The molecule has 1 aromatic carbocycles. The van der Waals surface area contributed by atoms with Gasteiger partial charge in [0.1, 0.15) is 0 Å². The molecule has 0 saturated heterocycles. The highest BCUT2D eigenvalue weighted by Crippen LogP contribution is 2.18. The minimum Gasteiger partial charge on any atom is -0.388 e. The average Bonchev–Trinajstić information content (AvgIpc) is 2.19. The third kappa shape index (κ3) is 3.43. The first-order valence-corrected chi connectivity index (χ1v) is 4.68. The van der Waals surface area contributed by atoms with Crippen LogP contribution in [-0.2, 0) is 0 Å². The lowest BCUT2D eigenvalue weighted by Gasteiger charge is -2.09. The third-order valence-electron chi connectivity index (χ3n) is 2.07. The predicted molar refractivity (Wildman–Crippen MR) is 55.4 cm³/mol. The molecule has 0 aliphatic carbocycles. The van der Waals surface area contributed by atoms with Crippen LogP contribution in [0.15, 0.2) is 43.0 Å². The standard InChI is InChI=1S/C12H16O/c1-2-3-5-10-12(13)11-8-6-4-7-9-11/h2,4,6-9,12-13H,1,3,5,10H2/t12-/m0/s1. The normalized spacial score (nSPS) is 12.4. The second-order valence-electron chi connectivity index (χ2n) is 3.15. The largest absolute Gasteiger partial charge is 0.388 e. The topological polar surface area (TPSA) is 20.2 Å². The first-order valence-electron chi connectivity index (χ1n) is 4.68. The van der Waals surface area contributed by atoms with E-state index in [2.05, 4.69) is 6.58 Å². The van der Waals surface area contributed by atoms with Crippen LogP contribution in [0.2, 0.25) is 0 Å². The number of hydrogen-bond donors (Lipinski definition) is 1. The minimum atomic E-state index is -0.318. The van der Waals surface area contributed by atoms with Crippen molar-refractivity contribution in [3.63, 3.8) is 0 Å². The van der Waals surface area contributed by atoms with E-state index in [9.17, 15) is 5.11 Å². The van der Waals surface area contributed by atoms with Gasteiger partial charge in [0.25, 0.3) is 0 Å². The summed E-state index contributed by atoms with van der Waals surface area (Å²) < 4.78 is 0. The fourth-order valence-electron chi connectivity index (χ4n) is 1.30. The van der Waals surface area contributed by atoms with Crippen LogP contribution in [0.3, 0.4) is 0 Å². The second-order valence-corrected chi connectivity index (χ2v) is 3.15. The molecule has 0 saturated carbocycles. The maximum absolute atomic E-state index is 9.71. The molecule has 0 aliphatic rings. The van der Waals surface area contributed by atoms with Gasteiger partial charge in [-0.05, 0) is 24.8 Å². The van der Waals surface area contributed by atoms with Gasteiger partial charge in [-0.15, -0.1) is 6.58 Å². The highest BCUT2D eigenvalue weighted by Gasteiger charge is 2.04. The van der Waals surface area contributed by atoms with Crippen LogP contribution in [-0.4, -0.2) is 5.11 Å². The summed E-state index contributed by atoms with van der Waals surface area (Å²) in [6, 6.07) is 9.77. The third-order valence-corrected chi connectivity index (χ3v) is 2.07. The Morgan fingerprint density at radius 2 is 2.00 bits per heavy atom. The number of hydrogen-bond acceptors (Lipinski definition) is 1. The van der Waals surface area contributed by atoms with Crippen LogP contribution in [0.25, 0.3) is 0 Å². The average molecular weight is 176 g/mol. The van der Waals surface area contributed by atoms with E-state index in [0.717, 1.165) is 24.8 Å². The molecule has 0 radical (unpaired) electrons. The van der Waals surface area contributed by atoms with Crippen molar-refractivity contribution in [1.82, 2.24) is 0 Å². The summed E-state index contributed by atoms with van der Waals surface area (Å²) in [5.41, 5.74) is 1.01. The van der Waals surface area contributed by atoms with Crippen LogP contribution in [0.4, 0.5) is 0 Å². The molecule has 0 unspecified atom stereocenters. The maximum atomic E-state index is 9.71. The van der Waals surface area contributed by atoms with Crippen LogP contribution in [0.5, 0.6) is 0 Å². The number of benzene rings is 1. The number of aliphatic hydroxyl groups is 1. The zero-order valence-corrected chi connectivity index (χ0v) is 7.82. The van der Waals surface area contributed by atoms with Crippen LogP contribution in [0, 0.1) is 0 Å². The fraction of sp³-hybridized carbons (Fsp3) is 0.333. The highest BCUT2D eigenvalue weighted by atomic mass is 16.3. The molecule has 0 amide bonds. The van der Waals surface area contributed by atoms with Gasteiger partial charge in [-0.2, -0.15) is 0 Å². The molecule has 1 heteroatoms. The van der Waals surface area contributed by atoms with Crippen molar-refractivity contribution in [2.45, 2.75) is 25.4 Å². The number of allylic oxidation sites excluding steroid dienone is 1. The Labute approximate surface area is 79.7 Å². The molecular weight excluding hydrogens is 160 g/mol. The summed E-state index contributed by atoms with van der Waals surface area (Å²) in [7, 11) is 0. The number of aliphatic hydroxyl groups excluding tert-OH is 1. The summed E-state index contributed by atoms with van der Waals surface area (Å²) in [5, 5.41) is 9.71. The van der Waals surface area contributed by atoms with Crippen molar-refractivity contribution in [3.05, 3.63) is 48.6 Å². The van der Waals surface area contributed by atoms with Gasteiger partial charge in [0.15, 0.2) is 0 Å². The van der Waals surface area contributed by atoms with Crippen LogP contribution >= 0.6 is 0 Å². The summed E-state index contributed by atoms with van der Waals surface area (Å²) >= 11 is 0. The van der Waals surface area contributed by atoms with E-state index in [1.54, 1.807) is 0 Å². The Morgan fingerprint density at radius 1 is 1.31 bits per heavy atom. The molecule has 0 spiro atoms. The van der Waals surface area contributed by atoms with E-state index in [0.29, 0.717) is 0 Å². The molecule has 0 bridgehead atoms. The summed E-state index contributed by atoms with van der Waals surface area (Å²) in [6.45, 7) is 3.65. The van der Waals surface area contributed by atoms with Gasteiger partial charge < -0.3 is 5.11 Å². The van der Waals surface area contributed by atoms with Crippen LogP contribution in [0.1, 0.15) is 30.9 Å². The monoisotopic (exact) mass is 176 g/mol. The van der Waals surface area contributed by atoms with Gasteiger partial charge in [0, 0.05) is 0 Å². The molecule has 1 aromatic rings. The Hall–Kier alpha value is -1.08. The summed E-state index contributed by atoms with van der Waals surface area (Å²) in [5.74, 6) is 0. The lowest BCUT2D eigenvalue weighted by Crippen LogP contribution is -1.96. The Bertz CT molecular complexity index is 241. The van der Waals surface area contributed by atoms with Crippen LogP contribution < -0.4 is 0 Å². The van der Waals surface area contributed by atoms with Crippen molar-refractivity contribution in [2.24, 2.45) is 0 Å². The number of unbranched alkanes of at least 4 members (excludes halogenated alkanes) is 1. The molecule has 1 N–H and O–H groups in total. The molecule has 0 fully saturated rings. The van der Waals surface area contributed by atoms with Crippen molar-refractivity contribution < 1.29 is 5.11 Å². The van der Waals surface area contributed by atoms with Gasteiger partial charge in [-0.1, -0.05) is 36.4 Å². The Morgan fingerprint density at radius 3 is 2.62 bits per heavy atom. The molecule has 0 heterocycles. The van der Waals surface area contributed by atoms with E-state index in [-0.39, 0.29) is 6.10 Å². The smallest absolute Gasteiger partial charge is 0.0790 e. The first-order chi connectivity index (χ1) is 6.34. The molecule has 1 rings (SSSR count). The van der Waals surface area contributed by atoms with E-state index >= 15 is 0 Å². The first kappa shape index (κ1) is 10.0. The van der Waals surface area contributed by atoms with Crippen molar-refractivity contribution in [2.75, 3.05) is 0 Å².